The summed E-state index contributed by atoms with van der Waals surface area (Å²) in [5.41, 5.74) is -2.53. The van der Waals surface area contributed by atoms with E-state index in [9.17, 15) is 20.1 Å². The summed E-state index contributed by atoms with van der Waals surface area (Å²) in [6, 6.07) is 3.98. The van der Waals surface area contributed by atoms with Gasteiger partial charge in [0.15, 0.2) is 11.1 Å². The van der Waals surface area contributed by atoms with E-state index in [2.05, 4.69) is 32.7 Å². The summed E-state index contributed by atoms with van der Waals surface area (Å²) in [4.78, 5) is 23.2. The third-order valence-corrected chi connectivity index (χ3v) is 3.43. The second-order valence-electron chi connectivity index (χ2n) is 5.93. The molecule has 0 rings (SSSR count). The van der Waals surface area contributed by atoms with E-state index in [0.29, 0.717) is 0 Å². The highest BCUT2D eigenvalue weighted by Gasteiger charge is 2.29. The molecule has 2 N–H and O–H groups in total. The van der Waals surface area contributed by atoms with E-state index >= 15 is 0 Å². The van der Waals surface area contributed by atoms with E-state index < -0.39 is 11.1 Å². The van der Waals surface area contributed by atoms with Crippen LogP contribution in [0.5, 0.6) is 0 Å². The lowest BCUT2D eigenvalue weighted by Gasteiger charge is -2.19. The van der Waals surface area contributed by atoms with Gasteiger partial charge in [-0.25, -0.2) is 0 Å². The molecule has 26 heavy (non-hydrogen) atoms. The number of terminal acetylenes is 2. The second-order valence-corrected chi connectivity index (χ2v) is 5.93. The van der Waals surface area contributed by atoms with E-state index in [0.717, 1.165) is 0 Å². The third kappa shape index (κ3) is 9.06. The third-order valence-electron chi connectivity index (χ3n) is 3.43. The van der Waals surface area contributed by atoms with Gasteiger partial charge in [0.2, 0.25) is 11.8 Å². The first kappa shape index (κ1) is 22.6. The lowest BCUT2D eigenvalue weighted by Crippen LogP contribution is -2.29. The summed E-state index contributed by atoms with van der Waals surface area (Å²) in [6.45, 7) is 3.25. The van der Waals surface area contributed by atoms with Crippen molar-refractivity contribution in [2.75, 3.05) is 13.1 Å². The van der Waals surface area contributed by atoms with Crippen molar-refractivity contribution >= 4 is 11.8 Å². The summed E-state index contributed by atoms with van der Waals surface area (Å²) in [5, 5.41) is 31.6. The number of carbonyl (C=O) groups is 2. The maximum absolute atomic E-state index is 11.6. The highest BCUT2D eigenvalue weighted by molar-refractivity contribution is 5.76. The minimum Gasteiger partial charge on any atom is -0.345 e. The Morgan fingerprint density at radius 2 is 1.23 bits per heavy atom. The van der Waals surface area contributed by atoms with Crippen LogP contribution in [0.3, 0.4) is 0 Å². The molecule has 0 spiro atoms. The number of nitrogens with one attached hydrogen (secondary N) is 2. The lowest BCUT2D eigenvalue weighted by atomic mass is 9.97. The van der Waals surface area contributed by atoms with Gasteiger partial charge in [0.25, 0.3) is 0 Å². The number of carbonyl (C=O) groups excluding carboxylic acids is 2. The van der Waals surface area contributed by atoms with Crippen LogP contribution in [-0.2, 0) is 9.59 Å². The zero-order valence-electron chi connectivity index (χ0n) is 15.0. The minimum absolute atomic E-state index is 0.0442. The predicted octanol–water partition coefficient (Wildman–Crippen LogP) is 1.06. The summed E-state index contributed by atoms with van der Waals surface area (Å²) in [5.74, 6) is 3.96. The van der Waals surface area contributed by atoms with Crippen molar-refractivity contribution in [2.45, 2.75) is 50.6 Å². The molecule has 0 aliphatic heterocycles. The molecule has 136 valence electrons. The van der Waals surface area contributed by atoms with Crippen molar-refractivity contribution in [1.82, 2.24) is 10.6 Å². The van der Waals surface area contributed by atoms with Gasteiger partial charge < -0.3 is 10.6 Å². The van der Waals surface area contributed by atoms with Crippen molar-refractivity contribution in [3.05, 3.63) is 0 Å². The molecule has 0 fully saturated rings. The molecule has 0 aliphatic rings. The fourth-order valence-corrected chi connectivity index (χ4v) is 1.67. The van der Waals surface area contributed by atoms with Gasteiger partial charge in [0.1, 0.15) is 0 Å². The molecule has 0 aromatic rings. The maximum Gasteiger partial charge on any atom is 0.220 e. The van der Waals surface area contributed by atoms with Crippen LogP contribution in [-0.4, -0.2) is 36.0 Å². The summed E-state index contributed by atoms with van der Waals surface area (Å²) < 4.78 is 0. The van der Waals surface area contributed by atoms with Crippen LogP contribution in [0.25, 0.3) is 0 Å². The van der Waals surface area contributed by atoms with Crippen LogP contribution >= 0.6 is 0 Å². The number of nitrogens with zero attached hydrogens (tertiary/aromatic N) is 4. The van der Waals surface area contributed by atoms with Gasteiger partial charge in [0, 0.05) is 12.8 Å². The molecule has 2 amide bonds. The van der Waals surface area contributed by atoms with Gasteiger partial charge >= 0.3 is 0 Å². The SMILES string of the molecule is C#CCNC(=O)CCC(C)(C#N)N=NC(C)(C#N)CCC(=O)NCC#C. The Morgan fingerprint density at radius 1 is 0.885 bits per heavy atom. The monoisotopic (exact) mass is 354 g/mol. The van der Waals surface area contributed by atoms with E-state index in [1.807, 2.05) is 12.1 Å². The quantitative estimate of drug-likeness (QED) is 0.448. The average molecular weight is 354 g/mol. The number of amides is 2. The molecule has 2 atom stereocenters. The van der Waals surface area contributed by atoms with Crippen LogP contribution < -0.4 is 10.6 Å². The molecular formula is C18H22N6O2. The summed E-state index contributed by atoms with van der Waals surface area (Å²) in [7, 11) is 0. The van der Waals surface area contributed by atoms with Crippen LogP contribution in [0, 0.1) is 47.3 Å². The highest BCUT2D eigenvalue weighted by atomic mass is 16.2. The van der Waals surface area contributed by atoms with Crippen molar-refractivity contribution in [2.24, 2.45) is 10.2 Å². The standard InChI is InChI=1S/C18H22N6O2/c1-5-11-21-15(25)7-9-17(3,13-19)23-24-18(4,14-20)10-8-16(26)22-12-6-2/h1-2H,7-12H2,3-4H3,(H,21,25)(H,22,26). The molecular weight excluding hydrogens is 332 g/mol. The zero-order chi connectivity index (χ0) is 20.1. The average Bonchev–Trinajstić information content (AvgIpc) is 2.65. The van der Waals surface area contributed by atoms with Crippen molar-refractivity contribution < 1.29 is 9.59 Å². The van der Waals surface area contributed by atoms with E-state index in [-0.39, 0.29) is 50.6 Å². The smallest absolute Gasteiger partial charge is 0.220 e. The normalized spacial score (nSPS) is 14.5. The molecule has 8 nitrogen and oxygen atoms in total. The first-order chi connectivity index (χ1) is 12.2. The number of azo groups is 1. The minimum atomic E-state index is -1.27. The molecule has 0 bridgehead atoms. The van der Waals surface area contributed by atoms with Crippen molar-refractivity contribution in [1.29, 1.82) is 10.5 Å². The highest BCUT2D eigenvalue weighted by Crippen LogP contribution is 2.23. The van der Waals surface area contributed by atoms with Crippen LogP contribution in [0.2, 0.25) is 0 Å². The second kappa shape index (κ2) is 11.2. The van der Waals surface area contributed by atoms with Gasteiger partial charge in [-0.3, -0.25) is 9.59 Å². The zero-order valence-corrected chi connectivity index (χ0v) is 15.0. The fraction of sp³-hybridized carbons (Fsp3) is 0.556. The first-order valence-electron chi connectivity index (χ1n) is 7.91. The Labute approximate surface area is 154 Å². The molecule has 0 radical (unpaired) electrons. The molecule has 0 saturated carbocycles. The molecule has 0 heterocycles. The van der Waals surface area contributed by atoms with Gasteiger partial charge in [0.05, 0.1) is 25.2 Å². The number of rotatable bonds is 10. The van der Waals surface area contributed by atoms with Gasteiger partial charge in [-0.1, -0.05) is 11.8 Å². The van der Waals surface area contributed by atoms with E-state index in [1.165, 1.54) is 13.8 Å². The van der Waals surface area contributed by atoms with Crippen molar-refractivity contribution in [3.63, 3.8) is 0 Å². The molecule has 0 aliphatic carbocycles. The van der Waals surface area contributed by atoms with E-state index in [1.54, 1.807) is 0 Å². The van der Waals surface area contributed by atoms with Crippen LogP contribution in [0.1, 0.15) is 39.5 Å². The predicted molar refractivity (Wildman–Crippen MR) is 95.0 cm³/mol. The topological polar surface area (TPSA) is 130 Å². The van der Waals surface area contributed by atoms with Crippen LogP contribution in [0.15, 0.2) is 10.2 Å². The number of nitriles is 2. The van der Waals surface area contributed by atoms with Gasteiger partial charge in [-0.15, -0.1) is 12.8 Å². The molecule has 0 saturated heterocycles. The first-order valence-corrected chi connectivity index (χ1v) is 7.91. The van der Waals surface area contributed by atoms with Gasteiger partial charge in [-0.2, -0.15) is 20.8 Å². The maximum atomic E-state index is 11.6. The summed E-state index contributed by atoms with van der Waals surface area (Å²) in [6.07, 6.45) is 10.4. The Balaban J connectivity index is 4.85. The Kier molecular flexibility index (Phi) is 9.79. The Morgan fingerprint density at radius 3 is 1.50 bits per heavy atom. The number of hydrogen-bond acceptors (Lipinski definition) is 6. The summed E-state index contributed by atoms with van der Waals surface area (Å²) >= 11 is 0. The molecule has 0 aromatic heterocycles. The molecule has 2 unspecified atom stereocenters. The van der Waals surface area contributed by atoms with Crippen molar-refractivity contribution in [3.8, 4) is 36.8 Å². The Hall–Kier alpha value is -3.36. The molecule has 0 aromatic carbocycles. The molecule has 8 heteroatoms. The van der Waals surface area contributed by atoms with Gasteiger partial charge in [-0.05, 0) is 26.7 Å². The Bertz CT molecular complexity index is 643. The van der Waals surface area contributed by atoms with E-state index in [4.69, 9.17) is 12.8 Å². The fourth-order valence-electron chi connectivity index (χ4n) is 1.67. The van der Waals surface area contributed by atoms with Crippen LogP contribution in [0.4, 0.5) is 0 Å². The largest absolute Gasteiger partial charge is 0.345 e. The number of hydrogen-bond donors (Lipinski definition) is 2. The lowest BCUT2D eigenvalue weighted by molar-refractivity contribution is -0.122.